The third kappa shape index (κ3) is 2.53. The normalized spacial score (nSPS) is 10.7. The van der Waals surface area contributed by atoms with Gasteiger partial charge in [-0.15, -0.1) is 0 Å². The maximum Gasteiger partial charge on any atom is 0.167 e. The summed E-state index contributed by atoms with van der Waals surface area (Å²) in [4.78, 5) is 20.7. The van der Waals surface area contributed by atoms with Crippen LogP contribution < -0.4 is 0 Å². The van der Waals surface area contributed by atoms with Gasteiger partial charge in [-0.05, 0) is 29.8 Å². The van der Waals surface area contributed by atoms with Crippen molar-refractivity contribution in [2.24, 2.45) is 0 Å². The lowest BCUT2D eigenvalue weighted by Gasteiger charge is -2.04. The molecule has 0 saturated heterocycles. The SMILES string of the molecule is O=C(Cc1ccccc1Cl)c1ccc2nccnc2c1. The first kappa shape index (κ1) is 12.8. The first-order valence-electron chi connectivity index (χ1n) is 6.21. The van der Waals surface area contributed by atoms with Crippen LogP contribution in [0.5, 0.6) is 0 Å². The maximum atomic E-state index is 12.3. The molecular formula is C16H11ClN2O. The van der Waals surface area contributed by atoms with Gasteiger partial charge in [0.15, 0.2) is 5.78 Å². The Labute approximate surface area is 121 Å². The summed E-state index contributed by atoms with van der Waals surface area (Å²) in [5.74, 6) is 0.0191. The summed E-state index contributed by atoms with van der Waals surface area (Å²) >= 11 is 6.08. The summed E-state index contributed by atoms with van der Waals surface area (Å²) < 4.78 is 0. The van der Waals surface area contributed by atoms with E-state index in [2.05, 4.69) is 9.97 Å². The number of hydrogen-bond acceptors (Lipinski definition) is 3. The molecule has 0 bridgehead atoms. The number of rotatable bonds is 3. The Morgan fingerprint density at radius 2 is 1.75 bits per heavy atom. The van der Waals surface area contributed by atoms with Gasteiger partial charge in [-0.25, -0.2) is 0 Å². The minimum absolute atomic E-state index is 0.0191. The molecule has 1 heterocycles. The monoisotopic (exact) mass is 282 g/mol. The average molecular weight is 283 g/mol. The molecule has 0 aliphatic carbocycles. The zero-order valence-corrected chi connectivity index (χ0v) is 11.3. The van der Waals surface area contributed by atoms with Crippen molar-refractivity contribution in [3.63, 3.8) is 0 Å². The van der Waals surface area contributed by atoms with Crippen molar-refractivity contribution < 1.29 is 4.79 Å². The molecule has 0 N–H and O–H groups in total. The molecule has 2 aromatic carbocycles. The van der Waals surface area contributed by atoms with E-state index in [0.717, 1.165) is 16.6 Å². The second-order valence-corrected chi connectivity index (χ2v) is 4.86. The van der Waals surface area contributed by atoms with Crippen molar-refractivity contribution >= 4 is 28.4 Å². The number of halogens is 1. The van der Waals surface area contributed by atoms with Crippen molar-refractivity contribution in [3.8, 4) is 0 Å². The van der Waals surface area contributed by atoms with Crippen LogP contribution in [-0.4, -0.2) is 15.8 Å². The van der Waals surface area contributed by atoms with E-state index in [0.29, 0.717) is 10.6 Å². The summed E-state index contributed by atoms with van der Waals surface area (Å²) in [5, 5.41) is 0.612. The molecule has 20 heavy (non-hydrogen) atoms. The predicted molar refractivity (Wildman–Crippen MR) is 79.0 cm³/mol. The van der Waals surface area contributed by atoms with Crippen LogP contribution in [0, 0.1) is 0 Å². The maximum absolute atomic E-state index is 12.3. The average Bonchev–Trinajstić information content (AvgIpc) is 2.49. The minimum Gasteiger partial charge on any atom is -0.294 e. The van der Waals surface area contributed by atoms with E-state index in [1.807, 2.05) is 24.3 Å². The van der Waals surface area contributed by atoms with E-state index in [9.17, 15) is 4.79 Å². The molecular weight excluding hydrogens is 272 g/mol. The number of benzene rings is 2. The number of aromatic nitrogens is 2. The van der Waals surface area contributed by atoms with E-state index in [-0.39, 0.29) is 12.2 Å². The van der Waals surface area contributed by atoms with Gasteiger partial charge in [0.1, 0.15) is 0 Å². The summed E-state index contributed by atoms with van der Waals surface area (Å²) in [6, 6.07) is 12.7. The van der Waals surface area contributed by atoms with E-state index in [1.165, 1.54) is 0 Å². The zero-order chi connectivity index (χ0) is 13.9. The Balaban J connectivity index is 1.91. The Kier molecular flexibility index (Phi) is 3.44. The summed E-state index contributed by atoms with van der Waals surface area (Å²) in [7, 11) is 0. The molecule has 0 aliphatic rings. The molecule has 3 aromatic rings. The van der Waals surface area contributed by atoms with Crippen molar-refractivity contribution in [2.45, 2.75) is 6.42 Å². The molecule has 0 amide bonds. The van der Waals surface area contributed by atoms with Crippen LogP contribution in [0.1, 0.15) is 15.9 Å². The van der Waals surface area contributed by atoms with Gasteiger partial charge in [-0.2, -0.15) is 0 Å². The fraction of sp³-hybridized carbons (Fsp3) is 0.0625. The molecule has 0 fully saturated rings. The fourth-order valence-electron chi connectivity index (χ4n) is 2.05. The van der Waals surface area contributed by atoms with Gasteiger partial charge in [0, 0.05) is 29.4 Å². The van der Waals surface area contributed by atoms with Gasteiger partial charge >= 0.3 is 0 Å². The Morgan fingerprint density at radius 3 is 2.55 bits per heavy atom. The number of fused-ring (bicyclic) bond motifs is 1. The lowest BCUT2D eigenvalue weighted by Crippen LogP contribution is -2.04. The first-order valence-corrected chi connectivity index (χ1v) is 6.59. The number of ketones is 1. The zero-order valence-electron chi connectivity index (χ0n) is 10.6. The van der Waals surface area contributed by atoms with E-state index >= 15 is 0 Å². The highest BCUT2D eigenvalue weighted by atomic mass is 35.5. The van der Waals surface area contributed by atoms with E-state index in [4.69, 9.17) is 11.6 Å². The van der Waals surface area contributed by atoms with Crippen LogP contribution >= 0.6 is 11.6 Å². The lowest BCUT2D eigenvalue weighted by molar-refractivity contribution is 0.0993. The van der Waals surface area contributed by atoms with Gasteiger partial charge < -0.3 is 0 Å². The highest BCUT2D eigenvalue weighted by Gasteiger charge is 2.10. The Hall–Kier alpha value is -2.26. The van der Waals surface area contributed by atoms with Gasteiger partial charge in [0.05, 0.1) is 11.0 Å². The second kappa shape index (κ2) is 5.39. The van der Waals surface area contributed by atoms with Crippen molar-refractivity contribution in [3.05, 3.63) is 71.0 Å². The number of carbonyl (C=O) groups excluding carboxylic acids is 1. The van der Waals surface area contributed by atoms with Crippen molar-refractivity contribution in [2.75, 3.05) is 0 Å². The molecule has 4 heteroatoms. The molecule has 0 saturated carbocycles. The topological polar surface area (TPSA) is 42.9 Å². The summed E-state index contributed by atoms with van der Waals surface area (Å²) in [5.41, 5.74) is 2.95. The van der Waals surface area contributed by atoms with Crippen LogP contribution in [0.25, 0.3) is 11.0 Å². The highest BCUT2D eigenvalue weighted by Crippen LogP contribution is 2.18. The third-order valence-corrected chi connectivity index (χ3v) is 3.47. The standard InChI is InChI=1S/C16H11ClN2O/c17-13-4-2-1-3-11(13)10-16(20)12-5-6-14-15(9-12)19-8-7-18-14/h1-9H,10H2. The number of Topliss-reactive ketones (excluding diaryl/α,β-unsaturated/α-hetero) is 1. The van der Waals surface area contributed by atoms with Crippen LogP contribution in [0.15, 0.2) is 54.9 Å². The summed E-state index contributed by atoms with van der Waals surface area (Å²) in [6.45, 7) is 0. The molecule has 3 nitrogen and oxygen atoms in total. The minimum atomic E-state index is 0.0191. The summed E-state index contributed by atoms with van der Waals surface area (Å²) in [6.07, 6.45) is 3.53. The predicted octanol–water partition coefficient (Wildman–Crippen LogP) is 3.71. The molecule has 0 unspecified atom stereocenters. The second-order valence-electron chi connectivity index (χ2n) is 4.45. The van der Waals surface area contributed by atoms with Crippen LogP contribution in [0.2, 0.25) is 5.02 Å². The van der Waals surface area contributed by atoms with Gasteiger partial charge in [0.25, 0.3) is 0 Å². The Bertz CT molecular complexity index is 786. The fourth-order valence-corrected chi connectivity index (χ4v) is 2.26. The molecule has 0 atom stereocenters. The van der Waals surface area contributed by atoms with Crippen LogP contribution in [0.3, 0.4) is 0 Å². The largest absolute Gasteiger partial charge is 0.294 e. The number of carbonyl (C=O) groups is 1. The van der Waals surface area contributed by atoms with Gasteiger partial charge in [-0.1, -0.05) is 29.8 Å². The quantitative estimate of drug-likeness (QED) is 0.688. The Morgan fingerprint density at radius 1 is 1.00 bits per heavy atom. The lowest BCUT2D eigenvalue weighted by atomic mass is 10.0. The number of nitrogens with zero attached hydrogens (tertiary/aromatic N) is 2. The number of hydrogen-bond donors (Lipinski definition) is 0. The molecule has 0 spiro atoms. The van der Waals surface area contributed by atoms with Crippen molar-refractivity contribution in [1.82, 2.24) is 9.97 Å². The van der Waals surface area contributed by atoms with Crippen LogP contribution in [0.4, 0.5) is 0 Å². The van der Waals surface area contributed by atoms with Crippen molar-refractivity contribution in [1.29, 1.82) is 0 Å². The van der Waals surface area contributed by atoms with E-state index in [1.54, 1.807) is 30.6 Å². The van der Waals surface area contributed by atoms with Crippen LogP contribution in [-0.2, 0) is 6.42 Å². The molecule has 0 radical (unpaired) electrons. The highest BCUT2D eigenvalue weighted by molar-refractivity contribution is 6.31. The third-order valence-electron chi connectivity index (χ3n) is 3.10. The van der Waals surface area contributed by atoms with Gasteiger partial charge in [-0.3, -0.25) is 14.8 Å². The smallest absolute Gasteiger partial charge is 0.167 e. The van der Waals surface area contributed by atoms with E-state index < -0.39 is 0 Å². The molecule has 1 aromatic heterocycles. The molecule has 0 aliphatic heterocycles. The first-order chi connectivity index (χ1) is 9.74. The van der Waals surface area contributed by atoms with Gasteiger partial charge in [0.2, 0.25) is 0 Å². The molecule has 98 valence electrons. The molecule has 3 rings (SSSR count).